The van der Waals surface area contributed by atoms with Crippen molar-refractivity contribution >= 4 is 0 Å². The Kier molecular flexibility index (Phi) is 5.84. The molecule has 1 aromatic rings. The van der Waals surface area contributed by atoms with Crippen molar-refractivity contribution < 1.29 is 9.13 Å². The number of benzene rings is 1. The van der Waals surface area contributed by atoms with Crippen LogP contribution in [-0.4, -0.2) is 19.2 Å². The first kappa shape index (κ1) is 15.3. The molecule has 2 atom stereocenters. The number of ether oxygens (including phenoxy) is 1. The van der Waals surface area contributed by atoms with Crippen molar-refractivity contribution in [3.8, 4) is 5.75 Å². The molecule has 0 radical (unpaired) electrons. The van der Waals surface area contributed by atoms with E-state index in [2.05, 4.69) is 12.2 Å². The highest BCUT2D eigenvalue weighted by Crippen LogP contribution is 2.29. The predicted molar refractivity (Wildman–Crippen MR) is 80.7 cm³/mol. The van der Waals surface area contributed by atoms with Gasteiger partial charge in [-0.05, 0) is 56.7 Å². The van der Waals surface area contributed by atoms with Gasteiger partial charge in [-0.3, -0.25) is 0 Å². The first-order valence-electron chi connectivity index (χ1n) is 7.83. The third kappa shape index (κ3) is 4.20. The van der Waals surface area contributed by atoms with Crippen LogP contribution in [0.25, 0.3) is 0 Å². The van der Waals surface area contributed by atoms with Gasteiger partial charge in [0.05, 0.1) is 6.61 Å². The molecule has 0 aliphatic heterocycles. The largest absolute Gasteiger partial charge is 0.493 e. The van der Waals surface area contributed by atoms with E-state index in [0.29, 0.717) is 24.3 Å². The maximum atomic E-state index is 13.2. The monoisotopic (exact) mass is 279 g/mol. The molecule has 0 amide bonds. The normalized spacial score (nSPS) is 22.1. The van der Waals surface area contributed by atoms with Crippen LogP contribution in [0.15, 0.2) is 18.2 Å². The smallest absolute Gasteiger partial charge is 0.126 e. The maximum Gasteiger partial charge on any atom is 0.126 e. The quantitative estimate of drug-likeness (QED) is 0.812. The fourth-order valence-electron chi connectivity index (χ4n) is 3.03. The summed E-state index contributed by atoms with van der Waals surface area (Å²) in [5.74, 6) is 1.16. The molecule has 0 heterocycles. The number of halogens is 1. The molecule has 1 N–H and O–H groups in total. The topological polar surface area (TPSA) is 21.3 Å². The molecule has 0 aromatic heterocycles. The fourth-order valence-corrected chi connectivity index (χ4v) is 3.03. The molecule has 2 rings (SSSR count). The van der Waals surface area contributed by atoms with E-state index in [4.69, 9.17) is 4.74 Å². The van der Waals surface area contributed by atoms with E-state index in [9.17, 15) is 4.39 Å². The Labute approximate surface area is 121 Å². The Morgan fingerprint density at radius 1 is 1.35 bits per heavy atom. The van der Waals surface area contributed by atoms with Crippen LogP contribution >= 0.6 is 0 Å². The number of hydrogen-bond acceptors (Lipinski definition) is 2. The molecule has 2 unspecified atom stereocenters. The standard InChI is InChI=1S/C17H26FNO/c1-3-10-19-16-6-4-5-14(16)9-11-20-17-12-15(18)8-7-13(17)2/h7-8,12,14,16,19H,3-6,9-11H2,1-2H3. The van der Waals surface area contributed by atoms with Gasteiger partial charge in [-0.25, -0.2) is 4.39 Å². The minimum Gasteiger partial charge on any atom is -0.493 e. The van der Waals surface area contributed by atoms with E-state index in [-0.39, 0.29) is 5.82 Å². The predicted octanol–water partition coefficient (Wildman–Crippen LogP) is 4.07. The van der Waals surface area contributed by atoms with Gasteiger partial charge in [0.2, 0.25) is 0 Å². The molecular formula is C17H26FNO. The average Bonchev–Trinajstić information content (AvgIpc) is 2.88. The molecule has 2 nitrogen and oxygen atoms in total. The van der Waals surface area contributed by atoms with Gasteiger partial charge in [0.15, 0.2) is 0 Å². The van der Waals surface area contributed by atoms with Gasteiger partial charge in [0.1, 0.15) is 11.6 Å². The lowest BCUT2D eigenvalue weighted by Gasteiger charge is -2.21. The summed E-state index contributed by atoms with van der Waals surface area (Å²) in [6.07, 6.45) is 6.11. The summed E-state index contributed by atoms with van der Waals surface area (Å²) in [6.45, 7) is 5.94. The van der Waals surface area contributed by atoms with Crippen molar-refractivity contribution in [1.29, 1.82) is 0 Å². The van der Waals surface area contributed by atoms with Gasteiger partial charge in [0.25, 0.3) is 0 Å². The second kappa shape index (κ2) is 7.63. The lowest BCUT2D eigenvalue weighted by molar-refractivity contribution is 0.258. The van der Waals surface area contributed by atoms with Crippen molar-refractivity contribution in [1.82, 2.24) is 5.32 Å². The summed E-state index contributed by atoms with van der Waals surface area (Å²) < 4.78 is 19.0. The fraction of sp³-hybridized carbons (Fsp3) is 0.647. The number of nitrogens with one attached hydrogen (secondary N) is 1. The highest BCUT2D eigenvalue weighted by Gasteiger charge is 2.26. The zero-order chi connectivity index (χ0) is 14.4. The zero-order valence-electron chi connectivity index (χ0n) is 12.6. The van der Waals surface area contributed by atoms with Crippen molar-refractivity contribution in [3.63, 3.8) is 0 Å². The molecule has 0 saturated heterocycles. The second-order valence-corrected chi connectivity index (χ2v) is 5.80. The highest BCUT2D eigenvalue weighted by molar-refractivity contribution is 5.32. The van der Waals surface area contributed by atoms with Crippen LogP contribution in [0, 0.1) is 18.7 Å². The Morgan fingerprint density at radius 2 is 2.20 bits per heavy atom. The Morgan fingerprint density at radius 3 is 3.00 bits per heavy atom. The van der Waals surface area contributed by atoms with Gasteiger partial charge in [-0.1, -0.05) is 19.4 Å². The summed E-state index contributed by atoms with van der Waals surface area (Å²) in [4.78, 5) is 0. The Hall–Kier alpha value is -1.09. The number of rotatable bonds is 7. The number of hydrogen-bond donors (Lipinski definition) is 1. The van der Waals surface area contributed by atoms with E-state index in [0.717, 1.165) is 18.5 Å². The van der Waals surface area contributed by atoms with Crippen LogP contribution in [-0.2, 0) is 0 Å². The summed E-state index contributed by atoms with van der Waals surface area (Å²) in [5.41, 5.74) is 0.999. The second-order valence-electron chi connectivity index (χ2n) is 5.80. The van der Waals surface area contributed by atoms with Crippen molar-refractivity contribution in [2.75, 3.05) is 13.2 Å². The lowest BCUT2D eigenvalue weighted by atomic mass is 10.00. The molecule has 1 fully saturated rings. The van der Waals surface area contributed by atoms with Crippen LogP contribution in [0.5, 0.6) is 5.75 Å². The van der Waals surface area contributed by atoms with Crippen LogP contribution in [0.1, 0.15) is 44.6 Å². The van der Waals surface area contributed by atoms with Gasteiger partial charge >= 0.3 is 0 Å². The van der Waals surface area contributed by atoms with Gasteiger partial charge in [-0.2, -0.15) is 0 Å². The third-order valence-corrected chi connectivity index (χ3v) is 4.21. The van der Waals surface area contributed by atoms with Crippen molar-refractivity contribution in [2.24, 2.45) is 5.92 Å². The van der Waals surface area contributed by atoms with E-state index >= 15 is 0 Å². The van der Waals surface area contributed by atoms with E-state index in [1.165, 1.54) is 37.8 Å². The van der Waals surface area contributed by atoms with Gasteiger partial charge < -0.3 is 10.1 Å². The number of aryl methyl sites for hydroxylation is 1. The van der Waals surface area contributed by atoms with Crippen LogP contribution in [0.4, 0.5) is 4.39 Å². The Balaban J connectivity index is 1.78. The van der Waals surface area contributed by atoms with Gasteiger partial charge in [0, 0.05) is 12.1 Å². The van der Waals surface area contributed by atoms with Crippen molar-refractivity contribution in [2.45, 2.75) is 52.0 Å². The molecular weight excluding hydrogens is 253 g/mol. The van der Waals surface area contributed by atoms with Gasteiger partial charge in [-0.15, -0.1) is 0 Å². The van der Waals surface area contributed by atoms with Crippen molar-refractivity contribution in [3.05, 3.63) is 29.6 Å². The summed E-state index contributed by atoms with van der Waals surface area (Å²) >= 11 is 0. The molecule has 20 heavy (non-hydrogen) atoms. The van der Waals surface area contributed by atoms with E-state index in [1.807, 2.05) is 6.92 Å². The van der Waals surface area contributed by atoms with E-state index in [1.54, 1.807) is 6.07 Å². The lowest BCUT2D eigenvalue weighted by Crippen LogP contribution is -2.33. The summed E-state index contributed by atoms with van der Waals surface area (Å²) in [6, 6.07) is 5.37. The molecule has 0 bridgehead atoms. The zero-order valence-corrected chi connectivity index (χ0v) is 12.6. The minimum absolute atomic E-state index is 0.228. The molecule has 1 aliphatic rings. The first-order chi connectivity index (χ1) is 9.70. The maximum absolute atomic E-state index is 13.2. The molecule has 112 valence electrons. The molecule has 1 saturated carbocycles. The average molecular weight is 279 g/mol. The van der Waals surface area contributed by atoms with Crippen LogP contribution in [0.3, 0.4) is 0 Å². The first-order valence-corrected chi connectivity index (χ1v) is 7.83. The summed E-state index contributed by atoms with van der Waals surface area (Å²) in [7, 11) is 0. The minimum atomic E-state index is -0.228. The molecule has 0 spiro atoms. The Bertz CT molecular complexity index is 421. The molecule has 1 aromatic carbocycles. The summed E-state index contributed by atoms with van der Waals surface area (Å²) in [5, 5.41) is 3.63. The molecule has 1 aliphatic carbocycles. The molecule has 3 heteroatoms. The SMILES string of the molecule is CCCNC1CCCC1CCOc1cc(F)ccc1C. The van der Waals surface area contributed by atoms with Crippen LogP contribution in [0.2, 0.25) is 0 Å². The highest BCUT2D eigenvalue weighted by atomic mass is 19.1. The van der Waals surface area contributed by atoms with Crippen LogP contribution < -0.4 is 10.1 Å². The van der Waals surface area contributed by atoms with E-state index < -0.39 is 0 Å². The third-order valence-electron chi connectivity index (χ3n) is 4.21.